The number of methoxy groups -OCH3 is 1. The standard InChI is InChI=1S/C12H16N6O2/c1-19-10-3-2-9(15-16-10)12-14-11(20-17-12)8-18-6-4-13-5-7-18/h2-3,13H,4-8H2,1H3. The highest BCUT2D eigenvalue weighted by atomic mass is 16.5. The second-order valence-corrected chi connectivity index (χ2v) is 4.50. The summed E-state index contributed by atoms with van der Waals surface area (Å²) in [7, 11) is 1.55. The molecule has 0 atom stereocenters. The van der Waals surface area contributed by atoms with Gasteiger partial charge in [0.2, 0.25) is 17.6 Å². The lowest BCUT2D eigenvalue weighted by Crippen LogP contribution is -2.42. The molecule has 8 heteroatoms. The largest absolute Gasteiger partial charge is 0.480 e. The highest BCUT2D eigenvalue weighted by Gasteiger charge is 2.15. The van der Waals surface area contributed by atoms with Crippen LogP contribution in [0.1, 0.15) is 5.89 Å². The summed E-state index contributed by atoms with van der Waals surface area (Å²) in [5.41, 5.74) is 0.570. The molecule has 8 nitrogen and oxygen atoms in total. The average molecular weight is 276 g/mol. The molecule has 0 spiro atoms. The van der Waals surface area contributed by atoms with E-state index in [1.807, 2.05) is 0 Å². The maximum Gasteiger partial charge on any atom is 0.241 e. The molecule has 2 aromatic rings. The summed E-state index contributed by atoms with van der Waals surface area (Å²) in [5.74, 6) is 1.50. The molecular weight excluding hydrogens is 260 g/mol. The van der Waals surface area contributed by atoms with Crippen molar-refractivity contribution in [3.63, 3.8) is 0 Å². The molecule has 0 saturated carbocycles. The van der Waals surface area contributed by atoms with E-state index in [1.54, 1.807) is 19.2 Å². The molecule has 0 amide bonds. The molecule has 0 radical (unpaired) electrons. The fourth-order valence-electron chi connectivity index (χ4n) is 2.03. The van der Waals surface area contributed by atoms with E-state index in [-0.39, 0.29) is 0 Å². The van der Waals surface area contributed by atoms with Crippen LogP contribution in [0.4, 0.5) is 0 Å². The van der Waals surface area contributed by atoms with Gasteiger partial charge in [-0.2, -0.15) is 4.98 Å². The molecule has 0 aromatic carbocycles. The van der Waals surface area contributed by atoms with Gasteiger partial charge < -0.3 is 14.6 Å². The molecule has 1 aliphatic heterocycles. The van der Waals surface area contributed by atoms with Gasteiger partial charge in [0.05, 0.1) is 13.7 Å². The fourth-order valence-corrected chi connectivity index (χ4v) is 2.03. The third-order valence-corrected chi connectivity index (χ3v) is 3.11. The van der Waals surface area contributed by atoms with Gasteiger partial charge in [-0.3, -0.25) is 4.90 Å². The third kappa shape index (κ3) is 2.91. The van der Waals surface area contributed by atoms with Crippen LogP contribution >= 0.6 is 0 Å². The molecule has 3 rings (SSSR count). The predicted molar refractivity (Wildman–Crippen MR) is 70.0 cm³/mol. The second-order valence-electron chi connectivity index (χ2n) is 4.50. The summed E-state index contributed by atoms with van der Waals surface area (Å²) >= 11 is 0. The molecule has 0 bridgehead atoms. The molecule has 0 unspecified atom stereocenters. The van der Waals surface area contributed by atoms with Crippen molar-refractivity contribution in [3.05, 3.63) is 18.0 Å². The molecule has 1 fully saturated rings. The van der Waals surface area contributed by atoms with Crippen molar-refractivity contribution in [1.29, 1.82) is 0 Å². The van der Waals surface area contributed by atoms with Gasteiger partial charge in [0.1, 0.15) is 5.69 Å². The van der Waals surface area contributed by atoms with E-state index in [0.29, 0.717) is 29.8 Å². The molecule has 0 aliphatic carbocycles. The number of nitrogens with one attached hydrogen (secondary N) is 1. The average Bonchev–Trinajstić information content (AvgIpc) is 2.97. The first-order valence-corrected chi connectivity index (χ1v) is 6.49. The van der Waals surface area contributed by atoms with Crippen molar-refractivity contribution >= 4 is 0 Å². The van der Waals surface area contributed by atoms with Crippen molar-refractivity contribution in [1.82, 2.24) is 30.6 Å². The maximum atomic E-state index is 5.26. The van der Waals surface area contributed by atoms with Crippen LogP contribution < -0.4 is 10.1 Å². The highest BCUT2D eigenvalue weighted by molar-refractivity contribution is 5.47. The lowest BCUT2D eigenvalue weighted by molar-refractivity contribution is 0.203. The van der Waals surface area contributed by atoms with Gasteiger partial charge in [-0.1, -0.05) is 5.16 Å². The van der Waals surface area contributed by atoms with Gasteiger partial charge in [-0.25, -0.2) is 0 Å². The van der Waals surface area contributed by atoms with Crippen molar-refractivity contribution in [2.75, 3.05) is 33.3 Å². The third-order valence-electron chi connectivity index (χ3n) is 3.11. The molecule has 1 aliphatic rings. The number of ether oxygens (including phenoxy) is 1. The van der Waals surface area contributed by atoms with E-state index >= 15 is 0 Å². The Morgan fingerprint density at radius 2 is 2.15 bits per heavy atom. The smallest absolute Gasteiger partial charge is 0.241 e. The van der Waals surface area contributed by atoms with Crippen molar-refractivity contribution in [3.8, 4) is 17.4 Å². The predicted octanol–water partition coefficient (Wildman–Crippen LogP) is -0.0596. The zero-order valence-corrected chi connectivity index (χ0v) is 11.2. The minimum atomic E-state index is 0.449. The minimum absolute atomic E-state index is 0.449. The van der Waals surface area contributed by atoms with Gasteiger partial charge in [0.25, 0.3) is 0 Å². The molecule has 2 aromatic heterocycles. The zero-order chi connectivity index (χ0) is 13.8. The van der Waals surface area contributed by atoms with E-state index in [9.17, 15) is 0 Å². The van der Waals surface area contributed by atoms with Gasteiger partial charge >= 0.3 is 0 Å². The molecule has 106 valence electrons. The SMILES string of the molecule is COc1ccc(-c2noc(CN3CCNCC3)n2)nn1. The minimum Gasteiger partial charge on any atom is -0.480 e. The zero-order valence-electron chi connectivity index (χ0n) is 11.2. The van der Waals surface area contributed by atoms with Crippen LogP contribution in [0.25, 0.3) is 11.5 Å². The Labute approximate surface area is 116 Å². The quantitative estimate of drug-likeness (QED) is 0.830. The number of rotatable bonds is 4. The molecule has 3 heterocycles. The summed E-state index contributed by atoms with van der Waals surface area (Å²) < 4.78 is 10.2. The van der Waals surface area contributed by atoms with E-state index in [0.717, 1.165) is 26.2 Å². The first-order chi connectivity index (χ1) is 9.85. The van der Waals surface area contributed by atoms with E-state index in [4.69, 9.17) is 9.26 Å². The summed E-state index contributed by atoms with van der Waals surface area (Å²) in [5, 5.41) is 15.1. The van der Waals surface area contributed by atoms with Crippen LogP contribution in [-0.2, 0) is 6.54 Å². The number of hydrogen-bond acceptors (Lipinski definition) is 8. The van der Waals surface area contributed by atoms with E-state index in [2.05, 4.69) is 30.6 Å². The Balaban J connectivity index is 1.68. The van der Waals surface area contributed by atoms with E-state index in [1.165, 1.54) is 0 Å². The highest BCUT2D eigenvalue weighted by Crippen LogP contribution is 2.15. The van der Waals surface area contributed by atoms with Crippen molar-refractivity contribution < 1.29 is 9.26 Å². The molecule has 1 N–H and O–H groups in total. The van der Waals surface area contributed by atoms with Crippen molar-refractivity contribution in [2.45, 2.75) is 6.54 Å². The molecule has 1 saturated heterocycles. The fraction of sp³-hybridized carbons (Fsp3) is 0.500. The Morgan fingerprint density at radius 1 is 1.30 bits per heavy atom. The van der Waals surface area contributed by atoms with Gasteiger partial charge in [0, 0.05) is 32.2 Å². The van der Waals surface area contributed by atoms with Crippen LogP contribution in [0, 0.1) is 0 Å². The number of aromatic nitrogens is 4. The topological polar surface area (TPSA) is 89.2 Å². The van der Waals surface area contributed by atoms with Crippen LogP contribution in [0.15, 0.2) is 16.7 Å². The Bertz CT molecular complexity index is 549. The Kier molecular flexibility index (Phi) is 3.84. The summed E-state index contributed by atoms with van der Waals surface area (Å²) in [4.78, 5) is 6.62. The monoisotopic (exact) mass is 276 g/mol. The van der Waals surface area contributed by atoms with Crippen molar-refractivity contribution in [2.24, 2.45) is 0 Å². The molecule has 20 heavy (non-hydrogen) atoms. The lowest BCUT2D eigenvalue weighted by Gasteiger charge is -2.25. The first kappa shape index (κ1) is 12.9. The van der Waals surface area contributed by atoms with E-state index < -0.39 is 0 Å². The number of nitrogens with zero attached hydrogens (tertiary/aromatic N) is 5. The van der Waals surface area contributed by atoms with Crippen LogP contribution in [0.5, 0.6) is 5.88 Å². The normalized spacial score (nSPS) is 16.2. The Hall–Kier alpha value is -2.06. The van der Waals surface area contributed by atoms with Crippen LogP contribution in [0.3, 0.4) is 0 Å². The van der Waals surface area contributed by atoms with Gasteiger partial charge in [-0.05, 0) is 6.07 Å². The number of piperazine rings is 1. The van der Waals surface area contributed by atoms with Crippen LogP contribution in [0.2, 0.25) is 0 Å². The Morgan fingerprint density at radius 3 is 2.85 bits per heavy atom. The van der Waals surface area contributed by atoms with Gasteiger partial charge in [-0.15, -0.1) is 10.2 Å². The first-order valence-electron chi connectivity index (χ1n) is 6.49. The summed E-state index contributed by atoms with van der Waals surface area (Å²) in [6.45, 7) is 4.62. The van der Waals surface area contributed by atoms with Crippen LogP contribution in [-0.4, -0.2) is 58.5 Å². The number of hydrogen-bond donors (Lipinski definition) is 1. The molecular formula is C12H16N6O2. The second kappa shape index (κ2) is 5.93. The summed E-state index contributed by atoms with van der Waals surface area (Å²) in [6, 6.07) is 3.47. The van der Waals surface area contributed by atoms with Gasteiger partial charge in [0.15, 0.2) is 0 Å². The lowest BCUT2D eigenvalue weighted by atomic mass is 10.3. The maximum absolute atomic E-state index is 5.26. The summed E-state index contributed by atoms with van der Waals surface area (Å²) in [6.07, 6.45) is 0.